The summed E-state index contributed by atoms with van der Waals surface area (Å²) in [5, 5.41) is 9.44. The normalized spacial score (nSPS) is 10.6. The molecule has 0 spiro atoms. The molecule has 0 unspecified atom stereocenters. The largest absolute Gasteiger partial charge is 0.497 e. The Morgan fingerprint density at radius 3 is 2.25 bits per heavy atom. The van der Waals surface area contributed by atoms with Crippen molar-refractivity contribution in [1.82, 2.24) is 16.0 Å². The van der Waals surface area contributed by atoms with Gasteiger partial charge in [-0.3, -0.25) is 9.79 Å². The quantitative estimate of drug-likeness (QED) is 0.298. The van der Waals surface area contributed by atoms with Crippen LogP contribution in [0.5, 0.6) is 5.75 Å². The summed E-state index contributed by atoms with van der Waals surface area (Å²) in [5.41, 5.74) is 2.79. The molecule has 0 aliphatic carbocycles. The molecule has 6 nitrogen and oxygen atoms in total. The van der Waals surface area contributed by atoms with Gasteiger partial charge in [0.2, 0.25) is 0 Å². The van der Waals surface area contributed by atoms with Crippen LogP contribution in [0.25, 0.3) is 0 Å². The van der Waals surface area contributed by atoms with E-state index in [0.29, 0.717) is 31.2 Å². The number of ether oxygens (including phenoxy) is 1. The van der Waals surface area contributed by atoms with Gasteiger partial charge in [-0.1, -0.05) is 31.2 Å². The lowest BCUT2D eigenvalue weighted by Crippen LogP contribution is -2.36. The zero-order valence-electron chi connectivity index (χ0n) is 16.6. The Morgan fingerprint density at radius 2 is 1.64 bits per heavy atom. The van der Waals surface area contributed by atoms with Gasteiger partial charge >= 0.3 is 0 Å². The van der Waals surface area contributed by atoms with E-state index in [1.165, 1.54) is 0 Å². The van der Waals surface area contributed by atoms with Gasteiger partial charge in [0, 0.05) is 32.2 Å². The number of carbonyl (C=O) groups is 1. The average Bonchev–Trinajstić information content (AvgIpc) is 2.72. The molecule has 0 radical (unpaired) electrons. The van der Waals surface area contributed by atoms with Crippen molar-refractivity contribution in [1.29, 1.82) is 0 Å². The first kappa shape index (κ1) is 23.7. The lowest BCUT2D eigenvalue weighted by atomic mass is 10.1. The van der Waals surface area contributed by atoms with Gasteiger partial charge in [-0.15, -0.1) is 24.0 Å². The van der Waals surface area contributed by atoms with Gasteiger partial charge < -0.3 is 20.7 Å². The average molecular weight is 496 g/mol. The summed E-state index contributed by atoms with van der Waals surface area (Å²) in [6.45, 7) is 3.93. The number of rotatable bonds is 8. The molecule has 0 atom stereocenters. The molecule has 28 heavy (non-hydrogen) atoms. The van der Waals surface area contributed by atoms with Gasteiger partial charge in [0.15, 0.2) is 5.96 Å². The minimum absolute atomic E-state index is 0. The number of hydrogen-bond acceptors (Lipinski definition) is 3. The number of hydrogen-bond donors (Lipinski definition) is 3. The van der Waals surface area contributed by atoms with Crippen LogP contribution in [-0.4, -0.2) is 32.6 Å². The van der Waals surface area contributed by atoms with Gasteiger partial charge in [-0.25, -0.2) is 0 Å². The van der Waals surface area contributed by atoms with E-state index in [0.717, 1.165) is 23.3 Å². The molecule has 0 fully saturated rings. The van der Waals surface area contributed by atoms with E-state index in [2.05, 4.69) is 20.9 Å². The van der Waals surface area contributed by atoms with Crippen LogP contribution in [0.2, 0.25) is 0 Å². The topological polar surface area (TPSA) is 74.8 Å². The zero-order valence-corrected chi connectivity index (χ0v) is 18.9. The van der Waals surface area contributed by atoms with E-state index in [1.807, 2.05) is 55.5 Å². The zero-order chi connectivity index (χ0) is 19.5. The van der Waals surface area contributed by atoms with Crippen LogP contribution in [0.15, 0.2) is 53.5 Å². The van der Waals surface area contributed by atoms with Gasteiger partial charge in [0.1, 0.15) is 5.75 Å². The van der Waals surface area contributed by atoms with Crippen molar-refractivity contribution >= 4 is 35.8 Å². The molecule has 0 heterocycles. The summed E-state index contributed by atoms with van der Waals surface area (Å²) >= 11 is 0. The molecule has 2 aromatic carbocycles. The number of aliphatic imine (C=N–C) groups is 1. The van der Waals surface area contributed by atoms with Crippen molar-refractivity contribution in [3.63, 3.8) is 0 Å². The monoisotopic (exact) mass is 496 g/mol. The highest BCUT2D eigenvalue weighted by Crippen LogP contribution is 2.12. The number of benzene rings is 2. The van der Waals surface area contributed by atoms with Crippen molar-refractivity contribution in [3.8, 4) is 5.75 Å². The number of halogens is 1. The fourth-order valence-corrected chi connectivity index (χ4v) is 2.54. The van der Waals surface area contributed by atoms with Gasteiger partial charge in [-0.2, -0.15) is 0 Å². The molecule has 0 bridgehead atoms. The molecule has 152 valence electrons. The molecular weight excluding hydrogens is 467 g/mol. The molecule has 1 amide bonds. The highest BCUT2D eigenvalue weighted by Gasteiger charge is 2.06. The molecule has 7 heteroatoms. The van der Waals surface area contributed by atoms with Crippen molar-refractivity contribution in [2.24, 2.45) is 4.99 Å². The van der Waals surface area contributed by atoms with Crippen molar-refractivity contribution < 1.29 is 9.53 Å². The van der Waals surface area contributed by atoms with Crippen LogP contribution >= 0.6 is 24.0 Å². The smallest absolute Gasteiger partial charge is 0.251 e. The summed E-state index contributed by atoms with van der Waals surface area (Å²) in [5.74, 6) is 1.48. The van der Waals surface area contributed by atoms with Gasteiger partial charge in [-0.05, 0) is 41.8 Å². The Hall–Kier alpha value is -2.29. The maximum atomic E-state index is 12.1. The Balaban J connectivity index is 0.00000392. The highest BCUT2D eigenvalue weighted by molar-refractivity contribution is 14.0. The van der Waals surface area contributed by atoms with Crippen molar-refractivity contribution in [3.05, 3.63) is 65.2 Å². The lowest BCUT2D eigenvalue weighted by Gasteiger charge is -2.13. The first-order valence-electron chi connectivity index (χ1n) is 9.10. The predicted octanol–water partition coefficient (Wildman–Crippen LogP) is 3.32. The number of carbonyl (C=O) groups excluding carboxylic acids is 1. The SMILES string of the molecule is CCCNC(=O)c1cccc(CNC(=NC)NCc2cccc(OC)c2)c1.I. The van der Waals surface area contributed by atoms with Gasteiger partial charge in [0.25, 0.3) is 5.91 Å². The summed E-state index contributed by atoms with van der Waals surface area (Å²) in [6.07, 6.45) is 0.919. The number of methoxy groups -OCH3 is 1. The molecule has 0 saturated heterocycles. The molecule has 0 aliphatic heterocycles. The summed E-state index contributed by atoms with van der Waals surface area (Å²) in [7, 11) is 3.39. The second-order valence-electron chi connectivity index (χ2n) is 6.09. The number of amides is 1. The number of nitrogens with zero attached hydrogens (tertiary/aromatic N) is 1. The third-order valence-electron chi connectivity index (χ3n) is 4.00. The molecular formula is C21H29IN4O2. The summed E-state index contributed by atoms with van der Waals surface area (Å²) in [4.78, 5) is 16.3. The third-order valence-corrected chi connectivity index (χ3v) is 4.00. The first-order chi connectivity index (χ1) is 13.2. The van der Waals surface area contributed by atoms with Crippen molar-refractivity contribution in [2.75, 3.05) is 20.7 Å². The second kappa shape index (κ2) is 13.0. The minimum atomic E-state index is -0.0424. The first-order valence-corrected chi connectivity index (χ1v) is 9.10. The Morgan fingerprint density at radius 1 is 1.00 bits per heavy atom. The van der Waals surface area contributed by atoms with Crippen LogP contribution in [0, 0.1) is 0 Å². The predicted molar refractivity (Wildman–Crippen MR) is 125 cm³/mol. The van der Waals surface area contributed by atoms with Crippen LogP contribution < -0.4 is 20.7 Å². The van der Waals surface area contributed by atoms with E-state index in [-0.39, 0.29) is 29.9 Å². The van der Waals surface area contributed by atoms with Crippen LogP contribution in [0.3, 0.4) is 0 Å². The van der Waals surface area contributed by atoms with E-state index < -0.39 is 0 Å². The van der Waals surface area contributed by atoms with E-state index in [9.17, 15) is 4.79 Å². The molecule has 3 N–H and O–H groups in total. The molecule has 0 saturated carbocycles. The Labute approximate surface area is 184 Å². The maximum Gasteiger partial charge on any atom is 0.251 e. The fourth-order valence-electron chi connectivity index (χ4n) is 2.54. The fraction of sp³-hybridized carbons (Fsp3) is 0.333. The number of guanidine groups is 1. The summed E-state index contributed by atoms with van der Waals surface area (Å²) < 4.78 is 5.24. The molecule has 0 aromatic heterocycles. The van der Waals surface area contributed by atoms with Gasteiger partial charge in [0.05, 0.1) is 7.11 Å². The van der Waals surface area contributed by atoms with Crippen LogP contribution in [-0.2, 0) is 13.1 Å². The van der Waals surface area contributed by atoms with E-state index in [1.54, 1.807) is 14.2 Å². The summed E-state index contributed by atoms with van der Waals surface area (Å²) in [6, 6.07) is 15.5. The van der Waals surface area contributed by atoms with Crippen LogP contribution in [0.1, 0.15) is 34.8 Å². The molecule has 2 rings (SSSR count). The Bertz CT molecular complexity index is 781. The number of nitrogens with one attached hydrogen (secondary N) is 3. The van der Waals surface area contributed by atoms with E-state index >= 15 is 0 Å². The second-order valence-corrected chi connectivity index (χ2v) is 6.09. The molecule has 0 aliphatic rings. The van der Waals surface area contributed by atoms with Crippen LogP contribution in [0.4, 0.5) is 0 Å². The third kappa shape index (κ3) is 7.75. The van der Waals surface area contributed by atoms with Crippen molar-refractivity contribution in [2.45, 2.75) is 26.4 Å². The molecule has 2 aromatic rings. The highest BCUT2D eigenvalue weighted by atomic mass is 127. The minimum Gasteiger partial charge on any atom is -0.497 e. The maximum absolute atomic E-state index is 12.1. The Kier molecular flexibility index (Phi) is 11.0. The standard InChI is InChI=1S/C21H28N4O2.HI/c1-4-11-23-20(26)18-9-5-7-16(12-18)14-24-21(22-2)25-15-17-8-6-10-19(13-17)27-3;/h5-10,12-13H,4,11,14-15H2,1-3H3,(H,23,26)(H2,22,24,25);1H. The lowest BCUT2D eigenvalue weighted by molar-refractivity contribution is 0.0953. The van der Waals surface area contributed by atoms with E-state index in [4.69, 9.17) is 4.74 Å².